The Labute approximate surface area is 241 Å². The largest absolute Gasteiger partial charge is 0.444 e. The number of rotatable bonds is 6. The number of amides is 2. The minimum atomic E-state index is -0.509. The normalized spacial score (nSPS) is 23.1. The second-order valence-corrected chi connectivity index (χ2v) is 13.6. The van der Waals surface area contributed by atoms with Crippen LogP contribution in [0.2, 0.25) is 0 Å². The van der Waals surface area contributed by atoms with E-state index < -0.39 is 5.60 Å². The lowest BCUT2D eigenvalue weighted by molar-refractivity contribution is 0.0199. The third kappa shape index (κ3) is 5.71. The first-order chi connectivity index (χ1) is 19.5. The first-order valence-electron chi connectivity index (χ1n) is 15.0. The smallest absolute Gasteiger partial charge is 0.410 e. The number of carbonyl (C=O) groups excluding carboxylic acids is 2. The summed E-state index contributed by atoms with van der Waals surface area (Å²) in [7, 11) is 0. The molecule has 10 heteroatoms. The van der Waals surface area contributed by atoms with E-state index in [4.69, 9.17) is 14.2 Å². The van der Waals surface area contributed by atoms with Gasteiger partial charge in [0, 0.05) is 31.7 Å². The second-order valence-electron chi connectivity index (χ2n) is 13.6. The predicted molar refractivity (Wildman–Crippen MR) is 156 cm³/mol. The molecule has 2 aromatic heterocycles. The fraction of sp³-hybridized carbons (Fsp3) is 0.613. The molecule has 3 aromatic rings. The molecule has 6 rings (SSSR count). The molecule has 0 bridgehead atoms. The van der Waals surface area contributed by atoms with Gasteiger partial charge < -0.3 is 18.7 Å². The first-order valence-corrected chi connectivity index (χ1v) is 15.0. The summed E-state index contributed by atoms with van der Waals surface area (Å²) in [5, 5.41) is 7.07. The van der Waals surface area contributed by atoms with Crippen molar-refractivity contribution in [2.24, 2.45) is 5.41 Å². The van der Waals surface area contributed by atoms with Crippen LogP contribution in [0.25, 0.3) is 11.0 Å². The predicted octanol–water partition coefficient (Wildman–Crippen LogP) is 5.96. The molecule has 1 aliphatic carbocycles. The van der Waals surface area contributed by atoms with Crippen LogP contribution in [-0.4, -0.2) is 68.3 Å². The zero-order valence-electron chi connectivity index (χ0n) is 24.9. The topological polar surface area (TPSA) is 106 Å². The Morgan fingerprint density at radius 1 is 1.15 bits per heavy atom. The average Bonchev–Trinajstić information content (AvgIpc) is 3.67. The van der Waals surface area contributed by atoms with Crippen LogP contribution >= 0.6 is 0 Å². The number of anilines is 1. The Morgan fingerprint density at radius 3 is 2.59 bits per heavy atom. The van der Waals surface area contributed by atoms with Crippen molar-refractivity contribution in [3.8, 4) is 0 Å². The molecule has 41 heavy (non-hydrogen) atoms. The molecule has 0 atom stereocenters. The number of nitrogens with zero attached hydrogens (tertiary/aromatic N) is 5. The maximum Gasteiger partial charge on any atom is 0.410 e. The summed E-state index contributed by atoms with van der Waals surface area (Å²) < 4.78 is 13.2. The maximum atomic E-state index is 13.2. The van der Waals surface area contributed by atoms with Gasteiger partial charge in [0.15, 0.2) is 0 Å². The van der Waals surface area contributed by atoms with E-state index in [1.54, 1.807) is 6.07 Å². The standard InChI is InChI=1S/C31H42N6O4/c1-20(2)23-15-26(41-34-23)27(38)33-28-32-24-14-21(18-35-11-6-7-12-35)8-9-25(24)37(28)22-16-31(17-22)10-13-36(19-31)29(39)40-30(3,4)5/h8-9,14-15,20,22H,6-7,10-13,16-19H2,1-5H3,(H,32,33,38). The molecule has 1 N–H and O–H groups in total. The molecule has 1 saturated carbocycles. The van der Waals surface area contributed by atoms with Crippen LogP contribution in [0.4, 0.5) is 10.7 Å². The number of benzene rings is 1. The number of aromatic nitrogens is 3. The third-order valence-corrected chi connectivity index (χ3v) is 8.72. The number of likely N-dealkylation sites (tertiary alicyclic amines) is 2. The van der Waals surface area contributed by atoms with Crippen molar-refractivity contribution in [2.45, 2.75) is 90.8 Å². The quantitative estimate of drug-likeness (QED) is 0.395. The van der Waals surface area contributed by atoms with Gasteiger partial charge in [0.25, 0.3) is 5.91 Å². The Morgan fingerprint density at radius 2 is 1.90 bits per heavy atom. The second kappa shape index (κ2) is 10.5. The molecule has 10 nitrogen and oxygen atoms in total. The maximum absolute atomic E-state index is 13.2. The summed E-state index contributed by atoms with van der Waals surface area (Å²) in [4.78, 5) is 35.2. The molecular formula is C31H42N6O4. The molecule has 2 aliphatic heterocycles. The molecule has 2 saturated heterocycles. The van der Waals surface area contributed by atoms with Crippen molar-refractivity contribution in [1.82, 2.24) is 24.5 Å². The minimum Gasteiger partial charge on any atom is -0.444 e. The molecule has 1 aromatic carbocycles. The number of carbonyl (C=O) groups is 2. The monoisotopic (exact) mass is 562 g/mol. The van der Waals surface area contributed by atoms with Crippen LogP contribution in [0.15, 0.2) is 28.8 Å². The van der Waals surface area contributed by atoms with E-state index in [0.29, 0.717) is 19.0 Å². The number of hydrogen-bond acceptors (Lipinski definition) is 7. The van der Waals surface area contributed by atoms with Crippen LogP contribution in [0.3, 0.4) is 0 Å². The first kappa shape index (κ1) is 27.8. The lowest BCUT2D eigenvalue weighted by atomic mass is 9.65. The van der Waals surface area contributed by atoms with E-state index in [9.17, 15) is 9.59 Å². The van der Waals surface area contributed by atoms with Gasteiger partial charge in [0.2, 0.25) is 11.7 Å². The number of imidazole rings is 1. The van der Waals surface area contributed by atoms with Gasteiger partial charge in [-0.25, -0.2) is 9.78 Å². The van der Waals surface area contributed by atoms with E-state index >= 15 is 0 Å². The van der Waals surface area contributed by atoms with E-state index in [1.807, 2.05) is 39.5 Å². The lowest BCUT2D eigenvalue weighted by Gasteiger charge is -2.46. The Hall–Kier alpha value is -3.40. The van der Waals surface area contributed by atoms with Crippen molar-refractivity contribution in [3.63, 3.8) is 0 Å². The molecule has 3 fully saturated rings. The Balaban J connectivity index is 1.24. The molecule has 1 spiro atoms. The van der Waals surface area contributed by atoms with Crippen molar-refractivity contribution in [1.29, 1.82) is 0 Å². The highest BCUT2D eigenvalue weighted by molar-refractivity contribution is 6.02. The van der Waals surface area contributed by atoms with E-state index in [1.165, 1.54) is 18.4 Å². The van der Waals surface area contributed by atoms with Gasteiger partial charge in [-0.15, -0.1) is 0 Å². The van der Waals surface area contributed by atoms with Crippen molar-refractivity contribution in [2.75, 3.05) is 31.5 Å². The van der Waals surface area contributed by atoms with Gasteiger partial charge in [-0.2, -0.15) is 0 Å². The van der Waals surface area contributed by atoms with E-state index in [-0.39, 0.29) is 35.1 Å². The number of fused-ring (bicyclic) bond motifs is 1. The van der Waals surface area contributed by atoms with Crippen molar-refractivity contribution >= 4 is 29.0 Å². The van der Waals surface area contributed by atoms with Crippen LogP contribution in [0.5, 0.6) is 0 Å². The molecule has 0 radical (unpaired) electrons. The fourth-order valence-corrected chi connectivity index (χ4v) is 6.60. The Bertz CT molecular complexity index is 1440. The summed E-state index contributed by atoms with van der Waals surface area (Å²) in [6.07, 6.45) is 5.04. The van der Waals surface area contributed by atoms with E-state index in [0.717, 1.165) is 55.6 Å². The number of nitrogens with one attached hydrogen (secondary N) is 1. The van der Waals surface area contributed by atoms with Crippen LogP contribution in [-0.2, 0) is 11.3 Å². The van der Waals surface area contributed by atoms with Gasteiger partial charge >= 0.3 is 6.09 Å². The Kier molecular flexibility index (Phi) is 7.08. The van der Waals surface area contributed by atoms with E-state index in [2.05, 4.69) is 38.1 Å². The third-order valence-electron chi connectivity index (χ3n) is 8.72. The SMILES string of the molecule is CC(C)c1cc(C(=O)Nc2nc3cc(CN4CCCC4)ccc3n2C2CC3(CCN(C(=O)OC(C)(C)C)C3)C2)on1. The summed E-state index contributed by atoms with van der Waals surface area (Å²) in [6, 6.07) is 8.34. The molecular weight excluding hydrogens is 520 g/mol. The van der Waals surface area contributed by atoms with Crippen molar-refractivity contribution in [3.05, 3.63) is 41.3 Å². The highest BCUT2D eigenvalue weighted by Crippen LogP contribution is 2.55. The zero-order valence-corrected chi connectivity index (χ0v) is 24.9. The molecule has 3 aliphatic rings. The highest BCUT2D eigenvalue weighted by atomic mass is 16.6. The summed E-state index contributed by atoms with van der Waals surface area (Å²) in [6.45, 7) is 14.3. The number of ether oxygens (including phenoxy) is 1. The lowest BCUT2D eigenvalue weighted by Crippen LogP contribution is -2.43. The average molecular weight is 563 g/mol. The van der Waals surface area contributed by atoms with Crippen LogP contribution in [0.1, 0.15) is 100 Å². The molecule has 2 amide bonds. The van der Waals surface area contributed by atoms with Crippen LogP contribution < -0.4 is 5.32 Å². The van der Waals surface area contributed by atoms with Gasteiger partial charge in [-0.05, 0) is 95.0 Å². The van der Waals surface area contributed by atoms with Crippen molar-refractivity contribution < 1.29 is 18.8 Å². The zero-order chi connectivity index (χ0) is 28.9. The van der Waals surface area contributed by atoms with Gasteiger partial charge in [-0.1, -0.05) is 25.1 Å². The van der Waals surface area contributed by atoms with Gasteiger partial charge in [-0.3, -0.25) is 15.0 Å². The summed E-state index contributed by atoms with van der Waals surface area (Å²) in [5.41, 5.74) is 3.41. The minimum absolute atomic E-state index is 0.0617. The molecule has 4 heterocycles. The number of hydrogen-bond donors (Lipinski definition) is 1. The molecule has 220 valence electrons. The highest BCUT2D eigenvalue weighted by Gasteiger charge is 2.51. The summed E-state index contributed by atoms with van der Waals surface area (Å²) in [5.74, 6) is 0.504. The fourth-order valence-electron chi connectivity index (χ4n) is 6.60. The van der Waals surface area contributed by atoms with Crippen LogP contribution in [0, 0.1) is 5.41 Å². The molecule has 0 unspecified atom stereocenters. The van der Waals surface area contributed by atoms with Gasteiger partial charge in [0.05, 0.1) is 16.7 Å². The summed E-state index contributed by atoms with van der Waals surface area (Å²) >= 11 is 0. The van der Waals surface area contributed by atoms with Gasteiger partial charge in [0.1, 0.15) is 5.60 Å².